The molecule has 4 nitrogen and oxygen atoms in total. The number of rotatable bonds is 4. The van der Waals surface area contributed by atoms with E-state index in [1.54, 1.807) is 18.4 Å². The van der Waals surface area contributed by atoms with Crippen LogP contribution < -0.4 is 0 Å². The molecule has 4 heteroatoms. The molecule has 0 saturated carbocycles. The Morgan fingerprint density at radius 1 is 1.17 bits per heavy atom. The van der Waals surface area contributed by atoms with Gasteiger partial charge in [-0.2, -0.15) is 0 Å². The molecule has 0 atom stereocenters. The minimum atomic E-state index is -0.441. The van der Waals surface area contributed by atoms with E-state index in [0.717, 1.165) is 12.0 Å². The highest BCUT2D eigenvalue weighted by atomic mass is 16.5. The van der Waals surface area contributed by atoms with E-state index in [9.17, 15) is 10.0 Å². The number of allylic oxidation sites excluding steroid dienone is 5. The van der Waals surface area contributed by atoms with Crippen molar-refractivity contribution < 1.29 is 10.0 Å². The molecular weight excluding hydrogens is 288 g/mol. The molecule has 1 aliphatic rings. The third-order valence-electron chi connectivity index (χ3n) is 3.55. The van der Waals surface area contributed by atoms with Gasteiger partial charge in [-0.25, -0.2) is 4.99 Å². The van der Waals surface area contributed by atoms with Crippen LogP contribution in [0, 0.1) is 0 Å². The van der Waals surface area contributed by atoms with E-state index in [0.29, 0.717) is 5.71 Å². The van der Waals surface area contributed by atoms with E-state index in [2.05, 4.69) is 4.99 Å². The van der Waals surface area contributed by atoms with Crippen LogP contribution in [0.1, 0.15) is 26.3 Å². The zero-order chi connectivity index (χ0) is 16.9. The van der Waals surface area contributed by atoms with Crippen molar-refractivity contribution >= 4 is 11.6 Å². The predicted octanol–water partition coefficient (Wildman–Crippen LogP) is 3.70. The Morgan fingerprint density at radius 3 is 2.35 bits per heavy atom. The largest absolute Gasteiger partial charge is 0.288 e. The second-order valence-electron chi connectivity index (χ2n) is 6.17. The van der Waals surface area contributed by atoms with E-state index < -0.39 is 5.54 Å². The van der Waals surface area contributed by atoms with Crippen molar-refractivity contribution in [2.75, 3.05) is 0 Å². The van der Waals surface area contributed by atoms with Gasteiger partial charge in [-0.1, -0.05) is 42.5 Å². The highest BCUT2D eigenvalue weighted by Gasteiger charge is 2.24. The monoisotopic (exact) mass is 310 g/mol. The number of hydrogen-bond donors (Lipinski definition) is 1. The number of carbonyl (C=O) groups is 1. The maximum Gasteiger partial charge on any atom is 0.243 e. The summed E-state index contributed by atoms with van der Waals surface area (Å²) in [6, 6.07) is 10.1. The van der Waals surface area contributed by atoms with Gasteiger partial charge in [0.25, 0.3) is 0 Å². The van der Waals surface area contributed by atoms with E-state index in [1.807, 2.05) is 56.3 Å². The first-order valence-corrected chi connectivity index (χ1v) is 7.56. The van der Waals surface area contributed by atoms with Gasteiger partial charge in [-0.15, -0.1) is 0 Å². The topological polar surface area (TPSA) is 52.9 Å². The smallest absolute Gasteiger partial charge is 0.243 e. The van der Waals surface area contributed by atoms with Gasteiger partial charge in [0.15, 0.2) is 0 Å². The summed E-state index contributed by atoms with van der Waals surface area (Å²) >= 11 is 0. The van der Waals surface area contributed by atoms with Gasteiger partial charge in [-0.05, 0) is 43.6 Å². The standard InChI is InChI=1S/C19H22N2O2/c1-15(22)20-18-11-9-17(10-12-18)14-21(23)19(2,3)13-16-7-5-4-6-8-16/h4-12,14,23H,13H2,1-3H3. The molecule has 0 fully saturated rings. The maximum atomic E-state index is 11.0. The average molecular weight is 310 g/mol. The number of nitrogens with zero attached hydrogens (tertiary/aromatic N) is 2. The van der Waals surface area contributed by atoms with Gasteiger partial charge in [0.2, 0.25) is 5.91 Å². The molecule has 120 valence electrons. The maximum absolute atomic E-state index is 11.0. The van der Waals surface area contributed by atoms with Crippen LogP contribution >= 0.6 is 0 Å². The van der Waals surface area contributed by atoms with Crippen molar-refractivity contribution in [3.05, 3.63) is 72.0 Å². The van der Waals surface area contributed by atoms with Crippen molar-refractivity contribution in [2.45, 2.75) is 32.7 Å². The van der Waals surface area contributed by atoms with Crippen LogP contribution in [0.2, 0.25) is 0 Å². The number of hydrogen-bond acceptors (Lipinski definition) is 3. The lowest BCUT2D eigenvalue weighted by atomic mass is 9.94. The summed E-state index contributed by atoms with van der Waals surface area (Å²) in [5.41, 5.74) is 2.18. The summed E-state index contributed by atoms with van der Waals surface area (Å²) in [6.07, 6.45) is 9.56. The summed E-state index contributed by atoms with van der Waals surface area (Å²) in [6.45, 7) is 5.38. The quantitative estimate of drug-likeness (QED) is 0.863. The van der Waals surface area contributed by atoms with Crippen LogP contribution in [0.5, 0.6) is 0 Å². The van der Waals surface area contributed by atoms with Gasteiger partial charge >= 0.3 is 0 Å². The highest BCUT2D eigenvalue weighted by Crippen LogP contribution is 2.21. The molecule has 0 saturated heterocycles. The normalized spacial score (nSPS) is 13.9. The molecule has 0 aromatic heterocycles. The van der Waals surface area contributed by atoms with Crippen molar-refractivity contribution in [2.24, 2.45) is 4.99 Å². The molecule has 1 N–H and O–H groups in total. The SMILES string of the molecule is CC(=O)N=C1C=CC(=CN(O)C(C)(C)Cc2ccccc2)C=C1. The molecule has 0 unspecified atom stereocenters. The molecule has 0 spiro atoms. The average Bonchev–Trinajstić information content (AvgIpc) is 2.49. The van der Waals surface area contributed by atoms with Crippen LogP contribution in [-0.4, -0.2) is 27.4 Å². The summed E-state index contributed by atoms with van der Waals surface area (Å²) in [4.78, 5) is 14.8. The van der Waals surface area contributed by atoms with Crippen LogP contribution in [0.4, 0.5) is 0 Å². The van der Waals surface area contributed by atoms with Crippen LogP contribution in [0.3, 0.4) is 0 Å². The number of benzene rings is 1. The summed E-state index contributed by atoms with van der Waals surface area (Å²) in [5.74, 6) is -0.227. The first-order valence-electron chi connectivity index (χ1n) is 7.56. The second kappa shape index (κ2) is 7.20. The van der Waals surface area contributed by atoms with Gasteiger partial charge in [0, 0.05) is 13.1 Å². The van der Waals surface area contributed by atoms with E-state index in [4.69, 9.17) is 0 Å². The number of aliphatic imine (C=N–C) groups is 1. The molecule has 1 aromatic rings. The molecule has 23 heavy (non-hydrogen) atoms. The van der Waals surface area contributed by atoms with E-state index >= 15 is 0 Å². The first-order chi connectivity index (χ1) is 10.9. The van der Waals surface area contributed by atoms with Crippen LogP contribution in [-0.2, 0) is 11.2 Å². The zero-order valence-electron chi connectivity index (χ0n) is 13.7. The second-order valence-corrected chi connectivity index (χ2v) is 6.17. The number of hydroxylamine groups is 2. The van der Waals surface area contributed by atoms with Crippen LogP contribution in [0.15, 0.2) is 71.4 Å². The number of carbonyl (C=O) groups excluding carboxylic acids is 1. The molecule has 1 aromatic carbocycles. The Hall–Kier alpha value is -2.46. The Bertz CT molecular complexity index is 665. The van der Waals surface area contributed by atoms with Crippen molar-refractivity contribution in [1.29, 1.82) is 0 Å². The van der Waals surface area contributed by atoms with Gasteiger partial charge < -0.3 is 0 Å². The van der Waals surface area contributed by atoms with Crippen molar-refractivity contribution in [3.8, 4) is 0 Å². The summed E-state index contributed by atoms with van der Waals surface area (Å²) in [7, 11) is 0. The lowest BCUT2D eigenvalue weighted by molar-refractivity contribution is -0.117. The molecule has 0 bridgehead atoms. The van der Waals surface area contributed by atoms with E-state index in [1.165, 1.54) is 17.6 Å². The Labute approximate surface area is 137 Å². The van der Waals surface area contributed by atoms with Gasteiger partial charge in [0.1, 0.15) is 0 Å². The highest BCUT2D eigenvalue weighted by molar-refractivity contribution is 6.10. The summed E-state index contributed by atoms with van der Waals surface area (Å²) in [5, 5.41) is 11.6. The van der Waals surface area contributed by atoms with Gasteiger partial charge in [0.05, 0.1) is 11.3 Å². The lowest BCUT2D eigenvalue weighted by Crippen LogP contribution is -2.40. The van der Waals surface area contributed by atoms with Gasteiger partial charge in [-0.3, -0.25) is 15.1 Å². The third-order valence-corrected chi connectivity index (χ3v) is 3.55. The minimum Gasteiger partial charge on any atom is -0.288 e. The van der Waals surface area contributed by atoms with Crippen molar-refractivity contribution in [1.82, 2.24) is 5.06 Å². The first kappa shape index (κ1) is 16.9. The minimum absolute atomic E-state index is 0.227. The van der Waals surface area contributed by atoms with E-state index in [-0.39, 0.29) is 5.91 Å². The van der Waals surface area contributed by atoms with Crippen LogP contribution in [0.25, 0.3) is 0 Å². The fraction of sp³-hybridized carbons (Fsp3) is 0.263. The third kappa shape index (κ3) is 5.04. The Balaban J connectivity index is 2.07. The predicted molar refractivity (Wildman–Crippen MR) is 92.3 cm³/mol. The Kier molecular flexibility index (Phi) is 5.29. The fourth-order valence-electron chi connectivity index (χ4n) is 2.31. The molecule has 0 heterocycles. The van der Waals surface area contributed by atoms with Crippen molar-refractivity contribution in [3.63, 3.8) is 0 Å². The lowest BCUT2D eigenvalue weighted by Gasteiger charge is -2.33. The molecule has 0 aliphatic heterocycles. The molecule has 1 aliphatic carbocycles. The molecule has 2 rings (SSSR count). The fourth-order valence-corrected chi connectivity index (χ4v) is 2.31. The molecule has 0 radical (unpaired) electrons. The summed E-state index contributed by atoms with van der Waals surface area (Å²) < 4.78 is 0. The zero-order valence-corrected chi connectivity index (χ0v) is 13.7. The number of amides is 1. The molecule has 1 amide bonds. The Morgan fingerprint density at radius 2 is 1.78 bits per heavy atom. The molecular formula is C19H22N2O2.